The number of alkyl halides is 3. The zero-order valence-corrected chi connectivity index (χ0v) is 18.7. The van der Waals surface area contributed by atoms with Gasteiger partial charge in [0, 0.05) is 18.5 Å². The topological polar surface area (TPSA) is 64.4 Å². The lowest BCUT2D eigenvalue weighted by Crippen LogP contribution is -2.40. The summed E-state index contributed by atoms with van der Waals surface area (Å²) in [7, 11) is -2.49. The van der Waals surface area contributed by atoms with E-state index < -0.39 is 22.4 Å². The van der Waals surface area contributed by atoms with Crippen LogP contribution in [-0.2, 0) is 23.5 Å². The van der Waals surface area contributed by atoms with Crippen LogP contribution in [-0.4, -0.2) is 35.4 Å². The molecule has 1 aliphatic heterocycles. The molecule has 3 aromatic rings. The van der Waals surface area contributed by atoms with Gasteiger partial charge in [-0.15, -0.1) is 24.5 Å². The normalized spacial score (nSPS) is 17.5. The Morgan fingerprint density at radius 2 is 1.90 bits per heavy atom. The Kier molecular flexibility index (Phi) is 5.57. The fourth-order valence-electron chi connectivity index (χ4n) is 3.77. The zero-order valence-electron chi connectivity index (χ0n) is 16.4. The Balaban J connectivity index is 1.80. The van der Waals surface area contributed by atoms with Crippen LogP contribution in [0.4, 0.5) is 13.2 Å². The standard InChI is InChI=1S/C19H17ClF3N3O3S2/c1-11-17(18(20)25(2)24-11)31(27,28)26-9-7-15-14(8-10-30-15)16(26)12-3-5-13(6-4-12)29-19(21,22)23/h3-6,8,10,16H,7,9H2,1-2H3/t16-/m0/s1. The molecule has 1 aromatic carbocycles. The number of halogens is 4. The highest BCUT2D eigenvalue weighted by Crippen LogP contribution is 2.42. The first-order chi connectivity index (χ1) is 14.5. The average molecular weight is 492 g/mol. The molecule has 0 bridgehead atoms. The molecule has 0 fully saturated rings. The number of ether oxygens (including phenoxy) is 1. The van der Waals surface area contributed by atoms with Crippen molar-refractivity contribution in [3.8, 4) is 5.75 Å². The molecule has 166 valence electrons. The van der Waals surface area contributed by atoms with Crippen LogP contribution in [0.2, 0.25) is 5.15 Å². The molecular weight excluding hydrogens is 475 g/mol. The summed E-state index contributed by atoms with van der Waals surface area (Å²) in [5.74, 6) is -0.377. The van der Waals surface area contributed by atoms with Crippen molar-refractivity contribution < 1.29 is 26.3 Å². The summed E-state index contributed by atoms with van der Waals surface area (Å²) >= 11 is 7.76. The minimum atomic E-state index is -4.81. The number of benzene rings is 1. The molecule has 0 unspecified atom stereocenters. The quantitative estimate of drug-likeness (QED) is 0.531. The second-order valence-corrected chi connectivity index (χ2v) is 10.2. The van der Waals surface area contributed by atoms with Crippen LogP contribution in [0.25, 0.3) is 0 Å². The van der Waals surface area contributed by atoms with E-state index in [-0.39, 0.29) is 28.0 Å². The Hall–Kier alpha value is -2.08. The number of hydrogen-bond acceptors (Lipinski definition) is 5. The summed E-state index contributed by atoms with van der Waals surface area (Å²) < 4.78 is 71.3. The summed E-state index contributed by atoms with van der Waals surface area (Å²) in [4.78, 5) is 0.957. The largest absolute Gasteiger partial charge is 0.573 e. The molecule has 2 aromatic heterocycles. The predicted molar refractivity (Wildman–Crippen MR) is 110 cm³/mol. The average Bonchev–Trinajstić information content (AvgIpc) is 3.24. The lowest BCUT2D eigenvalue weighted by Gasteiger charge is -2.35. The van der Waals surface area contributed by atoms with E-state index in [0.717, 1.165) is 10.4 Å². The monoisotopic (exact) mass is 491 g/mol. The Morgan fingerprint density at radius 3 is 2.48 bits per heavy atom. The van der Waals surface area contributed by atoms with Gasteiger partial charge in [-0.3, -0.25) is 4.68 Å². The first-order valence-corrected chi connectivity index (χ1v) is 11.8. The maximum absolute atomic E-state index is 13.6. The lowest BCUT2D eigenvalue weighted by atomic mass is 9.95. The molecule has 1 atom stereocenters. The van der Waals surface area contributed by atoms with Gasteiger partial charge in [-0.2, -0.15) is 9.40 Å². The van der Waals surface area contributed by atoms with E-state index in [4.69, 9.17) is 11.6 Å². The Labute approximate surface area is 185 Å². The molecule has 0 N–H and O–H groups in total. The summed E-state index contributed by atoms with van der Waals surface area (Å²) in [5, 5.41) is 5.98. The van der Waals surface area contributed by atoms with Gasteiger partial charge in [0.05, 0.1) is 11.7 Å². The van der Waals surface area contributed by atoms with Crippen molar-refractivity contribution in [3.63, 3.8) is 0 Å². The van der Waals surface area contributed by atoms with Crippen molar-refractivity contribution in [2.24, 2.45) is 7.05 Å². The van der Waals surface area contributed by atoms with Gasteiger partial charge in [-0.1, -0.05) is 23.7 Å². The van der Waals surface area contributed by atoms with Crippen LogP contribution in [0.3, 0.4) is 0 Å². The highest BCUT2D eigenvalue weighted by atomic mass is 35.5. The van der Waals surface area contributed by atoms with Crippen LogP contribution in [0.1, 0.15) is 27.7 Å². The van der Waals surface area contributed by atoms with E-state index in [0.29, 0.717) is 12.0 Å². The number of aromatic nitrogens is 2. The van der Waals surface area contributed by atoms with Crippen molar-refractivity contribution in [2.75, 3.05) is 6.54 Å². The third kappa shape index (κ3) is 4.07. The SMILES string of the molecule is Cc1nn(C)c(Cl)c1S(=O)(=O)N1CCc2sccc2[C@@H]1c1ccc(OC(F)(F)F)cc1. The number of aryl methyl sites for hydroxylation is 2. The molecule has 0 amide bonds. The zero-order chi connectivity index (χ0) is 22.6. The minimum Gasteiger partial charge on any atom is -0.406 e. The number of nitrogens with zero attached hydrogens (tertiary/aromatic N) is 3. The van der Waals surface area contributed by atoms with Crippen LogP contribution in [0.5, 0.6) is 5.75 Å². The first-order valence-electron chi connectivity index (χ1n) is 9.12. The molecule has 31 heavy (non-hydrogen) atoms. The van der Waals surface area contributed by atoms with E-state index in [1.54, 1.807) is 14.0 Å². The number of thiophene rings is 1. The van der Waals surface area contributed by atoms with Gasteiger partial charge in [0.25, 0.3) is 0 Å². The predicted octanol–water partition coefficient (Wildman–Crippen LogP) is 4.68. The van der Waals surface area contributed by atoms with Crippen molar-refractivity contribution in [2.45, 2.75) is 30.6 Å². The van der Waals surface area contributed by atoms with E-state index in [9.17, 15) is 21.6 Å². The third-order valence-corrected chi connectivity index (χ3v) is 8.58. The molecule has 0 radical (unpaired) electrons. The van der Waals surface area contributed by atoms with E-state index in [1.807, 2.05) is 11.4 Å². The molecule has 4 rings (SSSR count). The van der Waals surface area contributed by atoms with Crippen LogP contribution in [0.15, 0.2) is 40.6 Å². The third-order valence-electron chi connectivity index (χ3n) is 5.02. The van der Waals surface area contributed by atoms with Crippen molar-refractivity contribution in [1.29, 1.82) is 0 Å². The van der Waals surface area contributed by atoms with Crippen molar-refractivity contribution >= 4 is 33.0 Å². The highest BCUT2D eigenvalue weighted by molar-refractivity contribution is 7.89. The molecule has 0 saturated carbocycles. The van der Waals surface area contributed by atoms with E-state index in [2.05, 4.69) is 9.84 Å². The molecule has 0 spiro atoms. The Morgan fingerprint density at radius 1 is 1.23 bits per heavy atom. The van der Waals surface area contributed by atoms with Gasteiger partial charge >= 0.3 is 6.36 Å². The minimum absolute atomic E-state index is 0.00120. The van der Waals surface area contributed by atoms with Gasteiger partial charge < -0.3 is 4.74 Å². The second kappa shape index (κ2) is 7.80. The number of sulfonamides is 1. The number of rotatable bonds is 4. The molecule has 6 nitrogen and oxygen atoms in total. The highest BCUT2D eigenvalue weighted by Gasteiger charge is 2.41. The fraction of sp³-hybridized carbons (Fsp3) is 0.316. The van der Waals surface area contributed by atoms with Crippen LogP contribution >= 0.6 is 22.9 Å². The smallest absolute Gasteiger partial charge is 0.406 e. The summed E-state index contributed by atoms with van der Waals surface area (Å²) in [6, 6.07) is 6.37. The van der Waals surface area contributed by atoms with Gasteiger partial charge in [-0.05, 0) is 48.1 Å². The molecule has 12 heteroatoms. The first kappa shape index (κ1) is 22.1. The van der Waals surface area contributed by atoms with E-state index >= 15 is 0 Å². The van der Waals surface area contributed by atoms with Crippen molar-refractivity contribution in [3.05, 3.63) is 62.6 Å². The van der Waals surface area contributed by atoms with Crippen molar-refractivity contribution in [1.82, 2.24) is 14.1 Å². The van der Waals surface area contributed by atoms with Gasteiger partial charge in [-0.25, -0.2) is 8.42 Å². The molecular formula is C19H17ClF3N3O3S2. The summed E-state index contributed by atoms with van der Waals surface area (Å²) in [6.45, 7) is 1.77. The summed E-state index contributed by atoms with van der Waals surface area (Å²) in [6.07, 6.45) is -4.29. The summed E-state index contributed by atoms with van der Waals surface area (Å²) in [5.41, 5.74) is 1.59. The maximum atomic E-state index is 13.6. The number of fused-ring (bicyclic) bond motifs is 1. The maximum Gasteiger partial charge on any atom is 0.573 e. The van der Waals surface area contributed by atoms with Gasteiger partial charge in [0.1, 0.15) is 15.8 Å². The van der Waals surface area contributed by atoms with Gasteiger partial charge in [0.2, 0.25) is 10.0 Å². The number of hydrogen-bond donors (Lipinski definition) is 0. The molecule has 1 aliphatic rings. The second-order valence-electron chi connectivity index (χ2n) is 7.01. The van der Waals surface area contributed by atoms with Crippen LogP contribution in [0, 0.1) is 6.92 Å². The van der Waals surface area contributed by atoms with Gasteiger partial charge in [0.15, 0.2) is 0 Å². The molecule has 0 saturated heterocycles. The molecule has 0 aliphatic carbocycles. The lowest BCUT2D eigenvalue weighted by molar-refractivity contribution is -0.274. The Bertz CT molecular complexity index is 1220. The molecule has 3 heterocycles. The fourth-order valence-corrected chi connectivity index (χ4v) is 6.98. The van der Waals surface area contributed by atoms with E-state index in [1.165, 1.54) is 44.6 Å². The van der Waals surface area contributed by atoms with Crippen LogP contribution < -0.4 is 4.74 Å².